The van der Waals surface area contributed by atoms with Gasteiger partial charge in [-0.15, -0.1) is 0 Å². The molecule has 0 bridgehead atoms. The van der Waals surface area contributed by atoms with Crippen molar-refractivity contribution in [1.82, 2.24) is 0 Å². The maximum absolute atomic E-state index is 12.9. The Balaban J connectivity index is 2.34. The summed E-state index contributed by atoms with van der Waals surface area (Å²) < 4.78 is 12.9. The summed E-state index contributed by atoms with van der Waals surface area (Å²) in [7, 11) is 0. The third kappa shape index (κ3) is 1.80. The molecule has 1 aromatic rings. The summed E-state index contributed by atoms with van der Waals surface area (Å²) in [6.45, 7) is 2.08. The molecule has 1 aromatic carbocycles. The van der Waals surface area contributed by atoms with Crippen molar-refractivity contribution in [3.05, 3.63) is 34.6 Å². The van der Waals surface area contributed by atoms with E-state index in [1.54, 1.807) is 12.1 Å². The minimum Gasteiger partial charge on any atom is -0.286 e. The van der Waals surface area contributed by atoms with E-state index in [-0.39, 0.29) is 10.8 Å². The van der Waals surface area contributed by atoms with Crippen LogP contribution in [0.2, 0.25) is 5.02 Å². The summed E-state index contributed by atoms with van der Waals surface area (Å²) in [6.07, 6.45) is 2.04. The monoisotopic (exact) mass is 211 g/mol. The standard InChI is InChI=1S/C11H11ClFN/c1-7-2-5-11(14-7)8-3-4-10(13)9(12)6-8/h3-4,6-7H,2,5H2,1H3. The second-order valence-electron chi connectivity index (χ2n) is 3.59. The van der Waals surface area contributed by atoms with Gasteiger partial charge in [-0.25, -0.2) is 4.39 Å². The summed E-state index contributed by atoms with van der Waals surface area (Å²) >= 11 is 5.70. The van der Waals surface area contributed by atoms with Crippen LogP contribution in [0, 0.1) is 5.82 Å². The fourth-order valence-electron chi connectivity index (χ4n) is 1.64. The maximum Gasteiger partial charge on any atom is 0.141 e. The molecular formula is C11H11ClFN. The van der Waals surface area contributed by atoms with Crippen LogP contribution in [0.3, 0.4) is 0 Å². The summed E-state index contributed by atoms with van der Waals surface area (Å²) in [5.41, 5.74) is 1.99. The van der Waals surface area contributed by atoms with E-state index in [0.717, 1.165) is 24.1 Å². The quantitative estimate of drug-likeness (QED) is 0.675. The van der Waals surface area contributed by atoms with Crippen molar-refractivity contribution in [2.45, 2.75) is 25.8 Å². The molecule has 0 saturated heterocycles. The number of hydrogen-bond donors (Lipinski definition) is 0. The second kappa shape index (κ2) is 3.70. The predicted molar refractivity (Wildman–Crippen MR) is 56.6 cm³/mol. The van der Waals surface area contributed by atoms with E-state index in [9.17, 15) is 4.39 Å². The van der Waals surface area contributed by atoms with E-state index in [1.807, 2.05) is 0 Å². The lowest BCUT2D eigenvalue weighted by atomic mass is 10.1. The van der Waals surface area contributed by atoms with E-state index in [2.05, 4.69) is 11.9 Å². The first-order chi connectivity index (χ1) is 6.66. The van der Waals surface area contributed by atoms with E-state index >= 15 is 0 Å². The molecule has 0 N–H and O–H groups in total. The first-order valence-corrected chi connectivity index (χ1v) is 5.06. The van der Waals surface area contributed by atoms with Gasteiger partial charge in [0.2, 0.25) is 0 Å². The molecule has 1 heterocycles. The van der Waals surface area contributed by atoms with Crippen molar-refractivity contribution in [2.75, 3.05) is 0 Å². The number of benzene rings is 1. The van der Waals surface area contributed by atoms with Gasteiger partial charge in [0.15, 0.2) is 0 Å². The number of rotatable bonds is 1. The maximum atomic E-state index is 12.9. The number of halogens is 2. The number of aliphatic imine (C=N–C) groups is 1. The third-order valence-corrected chi connectivity index (χ3v) is 2.72. The summed E-state index contributed by atoms with van der Waals surface area (Å²) in [5.74, 6) is -0.373. The van der Waals surface area contributed by atoms with Crippen molar-refractivity contribution in [3.8, 4) is 0 Å². The fraction of sp³-hybridized carbons (Fsp3) is 0.364. The highest BCUT2D eigenvalue weighted by atomic mass is 35.5. The normalized spacial score (nSPS) is 21.1. The van der Waals surface area contributed by atoms with Gasteiger partial charge in [-0.2, -0.15) is 0 Å². The second-order valence-corrected chi connectivity index (χ2v) is 4.00. The molecule has 0 saturated carbocycles. The molecule has 1 nitrogen and oxygen atoms in total. The average molecular weight is 212 g/mol. The van der Waals surface area contributed by atoms with Crippen LogP contribution in [-0.4, -0.2) is 11.8 Å². The topological polar surface area (TPSA) is 12.4 Å². The zero-order chi connectivity index (χ0) is 10.1. The van der Waals surface area contributed by atoms with Crippen molar-refractivity contribution in [1.29, 1.82) is 0 Å². The minimum atomic E-state index is -0.373. The first-order valence-electron chi connectivity index (χ1n) is 4.69. The van der Waals surface area contributed by atoms with Gasteiger partial charge in [-0.05, 0) is 37.5 Å². The van der Waals surface area contributed by atoms with Crippen LogP contribution < -0.4 is 0 Å². The predicted octanol–water partition coefficient (Wildman–Crippen LogP) is 3.45. The van der Waals surface area contributed by atoms with Gasteiger partial charge in [0, 0.05) is 11.8 Å². The molecule has 3 heteroatoms. The van der Waals surface area contributed by atoms with Crippen LogP contribution >= 0.6 is 11.6 Å². The Morgan fingerprint density at radius 2 is 2.29 bits per heavy atom. The molecule has 74 valence electrons. The highest BCUT2D eigenvalue weighted by molar-refractivity contribution is 6.31. The molecule has 0 spiro atoms. The lowest BCUT2D eigenvalue weighted by Crippen LogP contribution is -1.96. The Labute approximate surface area is 87.6 Å². The highest BCUT2D eigenvalue weighted by Gasteiger charge is 2.15. The Bertz CT molecular complexity index is 387. The molecule has 0 aliphatic carbocycles. The Hall–Kier alpha value is -0.890. The summed E-state index contributed by atoms with van der Waals surface area (Å²) in [5, 5.41) is 0.171. The lowest BCUT2D eigenvalue weighted by Gasteiger charge is -2.01. The fourth-order valence-corrected chi connectivity index (χ4v) is 1.82. The van der Waals surface area contributed by atoms with Crippen molar-refractivity contribution >= 4 is 17.3 Å². The van der Waals surface area contributed by atoms with E-state index < -0.39 is 0 Å². The Morgan fingerprint density at radius 3 is 2.86 bits per heavy atom. The van der Waals surface area contributed by atoms with Gasteiger partial charge in [-0.3, -0.25) is 4.99 Å². The molecule has 2 rings (SSSR count). The third-order valence-electron chi connectivity index (χ3n) is 2.43. The molecule has 0 radical (unpaired) electrons. The summed E-state index contributed by atoms with van der Waals surface area (Å²) in [4.78, 5) is 4.47. The van der Waals surface area contributed by atoms with Crippen LogP contribution in [0.5, 0.6) is 0 Å². The zero-order valence-corrected chi connectivity index (χ0v) is 8.68. The zero-order valence-electron chi connectivity index (χ0n) is 7.93. The SMILES string of the molecule is CC1CCC(c2ccc(F)c(Cl)c2)=N1. The average Bonchev–Trinajstić information content (AvgIpc) is 2.57. The van der Waals surface area contributed by atoms with Gasteiger partial charge in [0.25, 0.3) is 0 Å². The molecule has 0 aromatic heterocycles. The van der Waals surface area contributed by atoms with Gasteiger partial charge in [0.05, 0.1) is 5.02 Å². The highest BCUT2D eigenvalue weighted by Crippen LogP contribution is 2.22. The van der Waals surface area contributed by atoms with E-state index in [1.165, 1.54) is 6.07 Å². The van der Waals surface area contributed by atoms with E-state index in [0.29, 0.717) is 6.04 Å². The van der Waals surface area contributed by atoms with Crippen molar-refractivity contribution in [3.63, 3.8) is 0 Å². The first kappa shape index (κ1) is 9.66. The van der Waals surface area contributed by atoms with Crippen LogP contribution in [0.25, 0.3) is 0 Å². The molecular weight excluding hydrogens is 201 g/mol. The molecule has 1 unspecified atom stereocenters. The smallest absolute Gasteiger partial charge is 0.141 e. The number of nitrogens with zero attached hydrogens (tertiary/aromatic N) is 1. The molecule has 0 fully saturated rings. The largest absolute Gasteiger partial charge is 0.286 e. The molecule has 14 heavy (non-hydrogen) atoms. The van der Waals surface area contributed by atoms with Crippen molar-refractivity contribution in [2.24, 2.45) is 4.99 Å². The molecule has 0 amide bonds. The molecule has 1 atom stereocenters. The summed E-state index contributed by atoms with van der Waals surface area (Å²) in [6, 6.07) is 5.16. The van der Waals surface area contributed by atoms with Crippen LogP contribution in [0.1, 0.15) is 25.3 Å². The molecule has 1 aliphatic heterocycles. The van der Waals surface area contributed by atoms with Crippen molar-refractivity contribution < 1.29 is 4.39 Å². The van der Waals surface area contributed by atoms with Gasteiger partial charge in [0.1, 0.15) is 5.82 Å². The Kier molecular flexibility index (Phi) is 2.55. The van der Waals surface area contributed by atoms with Crippen LogP contribution in [-0.2, 0) is 0 Å². The lowest BCUT2D eigenvalue weighted by molar-refractivity contribution is 0.628. The van der Waals surface area contributed by atoms with Gasteiger partial charge >= 0.3 is 0 Å². The van der Waals surface area contributed by atoms with E-state index in [4.69, 9.17) is 11.6 Å². The van der Waals surface area contributed by atoms with Crippen LogP contribution in [0.4, 0.5) is 4.39 Å². The minimum absolute atomic E-state index is 0.171. The van der Waals surface area contributed by atoms with Gasteiger partial charge in [-0.1, -0.05) is 17.7 Å². The Morgan fingerprint density at radius 1 is 1.50 bits per heavy atom. The van der Waals surface area contributed by atoms with Crippen LogP contribution in [0.15, 0.2) is 23.2 Å². The number of hydrogen-bond acceptors (Lipinski definition) is 1. The van der Waals surface area contributed by atoms with Gasteiger partial charge < -0.3 is 0 Å². The molecule has 1 aliphatic rings.